The summed E-state index contributed by atoms with van der Waals surface area (Å²) in [5.74, 6) is 1.14. The first-order chi connectivity index (χ1) is 13.7. The van der Waals surface area contributed by atoms with Crippen molar-refractivity contribution < 1.29 is 19.0 Å². The Morgan fingerprint density at radius 3 is 2.43 bits per heavy atom. The maximum absolute atomic E-state index is 12.9. The predicted molar refractivity (Wildman–Crippen MR) is 111 cm³/mol. The minimum Gasteiger partial charge on any atom is -0.493 e. The van der Waals surface area contributed by atoms with E-state index in [0.29, 0.717) is 29.4 Å². The number of ether oxygens (including phenoxy) is 3. The third-order valence-electron chi connectivity index (χ3n) is 5.16. The van der Waals surface area contributed by atoms with Gasteiger partial charge in [0.15, 0.2) is 11.5 Å². The largest absolute Gasteiger partial charge is 0.493 e. The van der Waals surface area contributed by atoms with Crippen LogP contribution in [0.4, 0.5) is 0 Å². The van der Waals surface area contributed by atoms with Crippen LogP contribution in [0.25, 0.3) is 0 Å². The zero-order valence-electron chi connectivity index (χ0n) is 16.7. The summed E-state index contributed by atoms with van der Waals surface area (Å²) < 4.78 is 16.1. The summed E-state index contributed by atoms with van der Waals surface area (Å²) in [5, 5.41) is 7.35. The summed E-state index contributed by atoms with van der Waals surface area (Å²) in [6, 6.07) is 5.75. The monoisotopic (exact) mass is 404 g/mol. The van der Waals surface area contributed by atoms with E-state index in [-0.39, 0.29) is 11.9 Å². The standard InChI is InChI=1S/C21H28N2O4S/c1-25-18-8-7-16(19(26-2)20(18)27-3)21(24)22-13-17(15-9-12-28-14-15)23-10-5-4-6-11-23/h7-9,12,14,17H,4-6,10-11,13H2,1-3H3,(H,22,24). The molecule has 1 unspecified atom stereocenters. The summed E-state index contributed by atoms with van der Waals surface area (Å²) in [7, 11) is 4.61. The minimum atomic E-state index is -0.185. The van der Waals surface area contributed by atoms with Gasteiger partial charge in [0.25, 0.3) is 5.91 Å². The van der Waals surface area contributed by atoms with Gasteiger partial charge < -0.3 is 19.5 Å². The Balaban J connectivity index is 1.78. The highest BCUT2D eigenvalue weighted by Crippen LogP contribution is 2.39. The van der Waals surface area contributed by atoms with Crippen LogP contribution in [0, 0.1) is 0 Å². The van der Waals surface area contributed by atoms with E-state index in [1.807, 2.05) is 0 Å². The number of methoxy groups -OCH3 is 3. The molecule has 3 rings (SSSR count). The van der Waals surface area contributed by atoms with Crippen LogP contribution >= 0.6 is 11.3 Å². The van der Waals surface area contributed by atoms with Gasteiger partial charge >= 0.3 is 0 Å². The van der Waals surface area contributed by atoms with E-state index in [1.165, 1.54) is 39.0 Å². The second-order valence-corrected chi connectivity index (χ2v) is 7.54. The molecule has 0 bridgehead atoms. The van der Waals surface area contributed by atoms with Gasteiger partial charge in [-0.1, -0.05) is 6.42 Å². The Labute approximate surface area is 170 Å². The Morgan fingerprint density at radius 1 is 1.07 bits per heavy atom. The average molecular weight is 405 g/mol. The fourth-order valence-corrected chi connectivity index (χ4v) is 4.42. The van der Waals surface area contributed by atoms with Crippen molar-refractivity contribution in [1.29, 1.82) is 0 Å². The molecule has 2 aromatic rings. The SMILES string of the molecule is COc1ccc(C(=O)NCC(c2ccsc2)N2CCCCC2)c(OC)c1OC. The van der Waals surface area contributed by atoms with Crippen LogP contribution in [0.3, 0.4) is 0 Å². The van der Waals surface area contributed by atoms with Crippen molar-refractivity contribution in [1.82, 2.24) is 10.2 Å². The highest BCUT2D eigenvalue weighted by Gasteiger charge is 2.25. The molecule has 1 aromatic heterocycles. The number of carbonyl (C=O) groups excluding carboxylic acids is 1. The van der Waals surface area contributed by atoms with Crippen molar-refractivity contribution in [3.05, 3.63) is 40.1 Å². The van der Waals surface area contributed by atoms with Crippen LogP contribution in [0.5, 0.6) is 17.2 Å². The first-order valence-electron chi connectivity index (χ1n) is 9.53. The van der Waals surface area contributed by atoms with Gasteiger partial charge in [0.05, 0.1) is 32.9 Å². The lowest BCUT2D eigenvalue weighted by Gasteiger charge is -2.34. The Hall–Kier alpha value is -2.25. The number of nitrogens with one attached hydrogen (secondary N) is 1. The molecule has 152 valence electrons. The third-order valence-corrected chi connectivity index (χ3v) is 5.87. The van der Waals surface area contributed by atoms with E-state index in [1.54, 1.807) is 30.6 Å². The average Bonchev–Trinajstić information content (AvgIpc) is 3.27. The van der Waals surface area contributed by atoms with E-state index in [9.17, 15) is 4.79 Å². The lowest BCUT2D eigenvalue weighted by molar-refractivity contribution is 0.0921. The quantitative estimate of drug-likeness (QED) is 0.726. The molecule has 6 nitrogen and oxygen atoms in total. The minimum absolute atomic E-state index is 0.182. The number of hydrogen-bond acceptors (Lipinski definition) is 6. The van der Waals surface area contributed by atoms with Crippen LogP contribution in [0.1, 0.15) is 41.2 Å². The van der Waals surface area contributed by atoms with Crippen LogP contribution in [0.15, 0.2) is 29.0 Å². The maximum atomic E-state index is 12.9. The van der Waals surface area contributed by atoms with Gasteiger partial charge in [-0.05, 0) is 60.5 Å². The first-order valence-corrected chi connectivity index (χ1v) is 10.5. The topological polar surface area (TPSA) is 60.0 Å². The van der Waals surface area contributed by atoms with Gasteiger partial charge in [0.1, 0.15) is 0 Å². The fraction of sp³-hybridized carbons (Fsp3) is 0.476. The number of hydrogen-bond donors (Lipinski definition) is 1. The van der Waals surface area contributed by atoms with Crippen molar-refractivity contribution in [3.8, 4) is 17.2 Å². The van der Waals surface area contributed by atoms with E-state index in [0.717, 1.165) is 13.1 Å². The molecular weight excluding hydrogens is 376 g/mol. The Morgan fingerprint density at radius 2 is 1.82 bits per heavy atom. The molecule has 28 heavy (non-hydrogen) atoms. The summed E-state index contributed by atoms with van der Waals surface area (Å²) in [6.07, 6.45) is 3.69. The van der Waals surface area contributed by atoms with E-state index >= 15 is 0 Å². The summed E-state index contributed by atoms with van der Waals surface area (Å²) in [4.78, 5) is 15.4. The molecule has 1 saturated heterocycles. The van der Waals surface area contributed by atoms with Gasteiger partial charge in [0, 0.05) is 6.54 Å². The molecule has 1 atom stereocenters. The predicted octanol–water partition coefficient (Wildman–Crippen LogP) is 3.73. The number of likely N-dealkylation sites (tertiary alicyclic amines) is 1. The second-order valence-electron chi connectivity index (χ2n) is 6.76. The molecule has 1 fully saturated rings. The molecule has 1 aliphatic heterocycles. The van der Waals surface area contributed by atoms with Gasteiger partial charge in [0.2, 0.25) is 5.75 Å². The molecule has 1 aliphatic rings. The van der Waals surface area contributed by atoms with Crippen molar-refractivity contribution in [2.24, 2.45) is 0 Å². The summed E-state index contributed by atoms with van der Waals surface area (Å²) >= 11 is 1.69. The zero-order valence-corrected chi connectivity index (χ0v) is 17.5. The van der Waals surface area contributed by atoms with Crippen molar-refractivity contribution in [2.75, 3.05) is 41.0 Å². The zero-order chi connectivity index (χ0) is 19.9. The number of piperidine rings is 1. The molecule has 1 amide bonds. The molecule has 2 heterocycles. The van der Waals surface area contributed by atoms with Gasteiger partial charge in [-0.2, -0.15) is 11.3 Å². The maximum Gasteiger partial charge on any atom is 0.255 e. The molecule has 0 radical (unpaired) electrons. The Bertz CT molecular complexity index is 773. The highest BCUT2D eigenvalue weighted by molar-refractivity contribution is 7.07. The number of carbonyl (C=O) groups is 1. The van der Waals surface area contributed by atoms with E-state index < -0.39 is 0 Å². The molecule has 7 heteroatoms. The normalized spacial score (nSPS) is 15.7. The second kappa shape index (κ2) is 9.80. The number of amides is 1. The van der Waals surface area contributed by atoms with Gasteiger partial charge in [-0.3, -0.25) is 9.69 Å². The molecule has 1 aromatic carbocycles. The van der Waals surface area contributed by atoms with Crippen LogP contribution < -0.4 is 19.5 Å². The van der Waals surface area contributed by atoms with E-state index in [4.69, 9.17) is 14.2 Å². The van der Waals surface area contributed by atoms with Gasteiger partial charge in [-0.15, -0.1) is 0 Å². The van der Waals surface area contributed by atoms with Crippen molar-refractivity contribution >= 4 is 17.2 Å². The van der Waals surface area contributed by atoms with Crippen LogP contribution in [-0.4, -0.2) is 51.8 Å². The number of thiophene rings is 1. The molecule has 0 saturated carbocycles. The van der Waals surface area contributed by atoms with Crippen LogP contribution in [0.2, 0.25) is 0 Å². The van der Waals surface area contributed by atoms with E-state index in [2.05, 4.69) is 27.0 Å². The molecule has 0 aliphatic carbocycles. The summed E-state index contributed by atoms with van der Waals surface area (Å²) in [5.41, 5.74) is 1.69. The number of benzene rings is 1. The first kappa shape index (κ1) is 20.5. The molecule has 0 spiro atoms. The highest BCUT2D eigenvalue weighted by atomic mass is 32.1. The molecule has 1 N–H and O–H groups in total. The van der Waals surface area contributed by atoms with Crippen molar-refractivity contribution in [2.45, 2.75) is 25.3 Å². The van der Waals surface area contributed by atoms with Gasteiger partial charge in [-0.25, -0.2) is 0 Å². The summed E-state index contributed by atoms with van der Waals surface area (Å²) in [6.45, 7) is 2.68. The number of rotatable bonds is 8. The smallest absolute Gasteiger partial charge is 0.255 e. The fourth-order valence-electron chi connectivity index (χ4n) is 3.72. The number of nitrogens with zero attached hydrogens (tertiary/aromatic N) is 1. The molecular formula is C21H28N2O4S. The lowest BCUT2D eigenvalue weighted by Crippen LogP contribution is -2.40. The van der Waals surface area contributed by atoms with Crippen molar-refractivity contribution in [3.63, 3.8) is 0 Å². The van der Waals surface area contributed by atoms with Crippen LogP contribution in [-0.2, 0) is 0 Å². The third kappa shape index (κ3) is 4.42. The Kier molecular flexibility index (Phi) is 7.17. The lowest BCUT2D eigenvalue weighted by atomic mass is 10.0.